The minimum absolute atomic E-state index is 0.0937. The molecule has 4 nitrogen and oxygen atoms in total. The fraction of sp³-hybridized carbons (Fsp3) is 0.931. The Morgan fingerprint density at radius 3 is 2.36 bits per heavy atom. The molecule has 5 fully saturated rings. The minimum Gasteiger partial charge on any atom is -0.393 e. The predicted octanol–water partition coefficient (Wildman–Crippen LogP) is 4.55. The van der Waals surface area contributed by atoms with Gasteiger partial charge in [-0.05, 0) is 116 Å². The summed E-state index contributed by atoms with van der Waals surface area (Å²) in [7, 11) is 0. The van der Waals surface area contributed by atoms with E-state index in [9.17, 15) is 20.4 Å². The second-order valence-electron chi connectivity index (χ2n) is 13.7. The molecule has 0 radical (unpaired) electrons. The van der Waals surface area contributed by atoms with Gasteiger partial charge in [0.05, 0.1) is 24.4 Å². The van der Waals surface area contributed by atoms with Crippen LogP contribution in [0.25, 0.3) is 0 Å². The third kappa shape index (κ3) is 3.69. The first-order valence-corrected chi connectivity index (χ1v) is 13.9. The summed E-state index contributed by atoms with van der Waals surface area (Å²) in [5.74, 6) is 3.26. The van der Waals surface area contributed by atoms with Crippen LogP contribution in [-0.4, -0.2) is 44.8 Å². The molecule has 0 saturated heterocycles. The Hall–Kier alpha value is -0.420. The molecular formula is C29H48O4. The Bertz CT molecular complexity index is 767. The van der Waals surface area contributed by atoms with E-state index in [2.05, 4.69) is 34.3 Å². The Labute approximate surface area is 200 Å². The summed E-state index contributed by atoms with van der Waals surface area (Å²) < 4.78 is 0. The molecule has 5 aliphatic carbocycles. The Morgan fingerprint density at radius 2 is 1.70 bits per heavy atom. The van der Waals surface area contributed by atoms with E-state index in [4.69, 9.17) is 0 Å². The first-order chi connectivity index (χ1) is 15.5. The van der Waals surface area contributed by atoms with E-state index >= 15 is 0 Å². The van der Waals surface area contributed by atoms with Crippen LogP contribution in [0, 0.1) is 58.2 Å². The highest BCUT2D eigenvalue weighted by Crippen LogP contribution is 2.68. The SMILES string of the molecule is C=C([C@H](O)C[C@@H](C)[C@@H]1C[C@H]1C)[C@H]1CC[C@H]2[C@@H]3[C@H](O)C[C@@H]4C[C@H](O)CC[C@]4(C)[C@H]3C[C@@H](O)[C@]12C. The summed E-state index contributed by atoms with van der Waals surface area (Å²) in [5, 5.41) is 44.5. The van der Waals surface area contributed by atoms with Crippen LogP contribution in [0.4, 0.5) is 0 Å². The van der Waals surface area contributed by atoms with Crippen molar-refractivity contribution >= 4 is 0 Å². The molecule has 5 aliphatic rings. The summed E-state index contributed by atoms with van der Waals surface area (Å²) in [6, 6.07) is 0. The molecule has 4 N–H and O–H groups in total. The van der Waals surface area contributed by atoms with Crippen molar-refractivity contribution in [3.05, 3.63) is 12.2 Å². The van der Waals surface area contributed by atoms with Gasteiger partial charge in [0.2, 0.25) is 0 Å². The molecule has 0 aliphatic heterocycles. The maximum atomic E-state index is 11.7. The average molecular weight is 461 g/mol. The van der Waals surface area contributed by atoms with E-state index in [0.29, 0.717) is 17.8 Å². The zero-order valence-corrected chi connectivity index (χ0v) is 21.3. The average Bonchev–Trinajstić information content (AvgIpc) is 3.38. The van der Waals surface area contributed by atoms with Gasteiger partial charge in [0, 0.05) is 5.41 Å². The Balaban J connectivity index is 1.36. The lowest BCUT2D eigenvalue weighted by molar-refractivity contribution is -0.202. The molecule has 5 rings (SSSR count). The first-order valence-electron chi connectivity index (χ1n) is 13.9. The lowest BCUT2D eigenvalue weighted by Crippen LogP contribution is -2.62. The lowest BCUT2D eigenvalue weighted by Gasteiger charge is -2.63. The second-order valence-corrected chi connectivity index (χ2v) is 13.7. The summed E-state index contributed by atoms with van der Waals surface area (Å²) in [6.07, 6.45) is 6.61. The molecule has 0 amide bonds. The molecule has 14 atom stereocenters. The maximum Gasteiger partial charge on any atom is 0.0753 e. The van der Waals surface area contributed by atoms with Crippen LogP contribution in [0.1, 0.15) is 85.5 Å². The van der Waals surface area contributed by atoms with Gasteiger partial charge in [0.1, 0.15) is 0 Å². The normalized spacial score (nSPS) is 55.2. The molecule has 0 unspecified atom stereocenters. The van der Waals surface area contributed by atoms with Gasteiger partial charge in [-0.15, -0.1) is 0 Å². The van der Waals surface area contributed by atoms with Gasteiger partial charge in [0.25, 0.3) is 0 Å². The number of aliphatic hydroxyl groups is 4. The van der Waals surface area contributed by atoms with Gasteiger partial charge in [0.15, 0.2) is 0 Å². The number of rotatable bonds is 5. The quantitative estimate of drug-likeness (QED) is 0.454. The highest BCUT2D eigenvalue weighted by atomic mass is 16.3. The second kappa shape index (κ2) is 8.32. The van der Waals surface area contributed by atoms with Crippen molar-refractivity contribution in [1.29, 1.82) is 0 Å². The van der Waals surface area contributed by atoms with E-state index < -0.39 is 12.2 Å². The van der Waals surface area contributed by atoms with Crippen LogP contribution >= 0.6 is 0 Å². The molecular weight excluding hydrogens is 412 g/mol. The lowest BCUT2D eigenvalue weighted by atomic mass is 9.43. The Morgan fingerprint density at radius 1 is 1.00 bits per heavy atom. The zero-order chi connectivity index (χ0) is 23.9. The summed E-state index contributed by atoms with van der Waals surface area (Å²) >= 11 is 0. The van der Waals surface area contributed by atoms with Gasteiger partial charge >= 0.3 is 0 Å². The van der Waals surface area contributed by atoms with E-state index in [1.54, 1.807) is 0 Å². The topological polar surface area (TPSA) is 80.9 Å². The van der Waals surface area contributed by atoms with Crippen molar-refractivity contribution in [3.8, 4) is 0 Å². The highest BCUT2D eigenvalue weighted by Gasteiger charge is 2.65. The highest BCUT2D eigenvalue weighted by molar-refractivity contribution is 5.22. The van der Waals surface area contributed by atoms with Crippen LogP contribution < -0.4 is 0 Å². The fourth-order valence-corrected chi connectivity index (χ4v) is 9.83. The molecule has 0 bridgehead atoms. The number of fused-ring (bicyclic) bond motifs is 5. The van der Waals surface area contributed by atoms with Crippen molar-refractivity contribution in [2.24, 2.45) is 58.2 Å². The molecule has 0 aromatic rings. The standard InChI is InChI=1S/C29H48O4/c1-15-10-20(15)16(2)11-24(31)17(3)21-6-7-22-27-23(14-26(33)29(21,22)5)28(4)9-8-19(30)12-18(28)13-25(27)32/h15-16,18-27,30-33H,3,6-14H2,1-2,4-5H3/t15-,16-,18+,19-,20-,21-,22+,23+,24-,25-,26-,27+,28+,29-/m1/s1. The van der Waals surface area contributed by atoms with Gasteiger partial charge in [-0.1, -0.05) is 34.3 Å². The largest absolute Gasteiger partial charge is 0.393 e. The zero-order valence-electron chi connectivity index (χ0n) is 21.3. The van der Waals surface area contributed by atoms with Crippen molar-refractivity contribution < 1.29 is 20.4 Å². The number of aliphatic hydroxyl groups excluding tert-OH is 4. The molecule has 188 valence electrons. The van der Waals surface area contributed by atoms with Crippen molar-refractivity contribution in [1.82, 2.24) is 0 Å². The molecule has 0 spiro atoms. The van der Waals surface area contributed by atoms with Crippen LogP contribution in [0.2, 0.25) is 0 Å². The third-order valence-electron chi connectivity index (χ3n) is 12.1. The summed E-state index contributed by atoms with van der Waals surface area (Å²) in [4.78, 5) is 0. The van der Waals surface area contributed by atoms with Crippen LogP contribution in [-0.2, 0) is 0 Å². The number of hydrogen-bond acceptors (Lipinski definition) is 4. The summed E-state index contributed by atoms with van der Waals surface area (Å²) in [6.45, 7) is 13.6. The van der Waals surface area contributed by atoms with Gasteiger partial charge in [-0.2, -0.15) is 0 Å². The van der Waals surface area contributed by atoms with Crippen LogP contribution in [0.5, 0.6) is 0 Å². The smallest absolute Gasteiger partial charge is 0.0753 e. The predicted molar refractivity (Wildman–Crippen MR) is 130 cm³/mol. The Kier molecular flexibility index (Phi) is 6.12. The third-order valence-corrected chi connectivity index (χ3v) is 12.1. The summed E-state index contributed by atoms with van der Waals surface area (Å²) in [5.41, 5.74) is 0.692. The van der Waals surface area contributed by atoms with E-state index in [1.165, 1.54) is 6.42 Å². The molecule has 0 heterocycles. The molecule has 33 heavy (non-hydrogen) atoms. The van der Waals surface area contributed by atoms with E-state index in [-0.39, 0.29) is 40.8 Å². The monoisotopic (exact) mass is 460 g/mol. The molecule has 0 aromatic heterocycles. The molecule has 4 heteroatoms. The van der Waals surface area contributed by atoms with Crippen molar-refractivity contribution in [2.45, 2.75) is 110 Å². The van der Waals surface area contributed by atoms with Crippen LogP contribution in [0.15, 0.2) is 12.2 Å². The number of hydrogen-bond donors (Lipinski definition) is 4. The van der Waals surface area contributed by atoms with Crippen LogP contribution in [0.3, 0.4) is 0 Å². The minimum atomic E-state index is -0.503. The van der Waals surface area contributed by atoms with Gasteiger partial charge in [-0.3, -0.25) is 0 Å². The molecule has 0 aromatic carbocycles. The van der Waals surface area contributed by atoms with E-state index in [0.717, 1.165) is 68.8 Å². The fourth-order valence-electron chi connectivity index (χ4n) is 9.83. The van der Waals surface area contributed by atoms with Crippen molar-refractivity contribution in [2.75, 3.05) is 0 Å². The first kappa shape index (κ1) is 24.3. The molecule has 5 saturated carbocycles. The van der Waals surface area contributed by atoms with Crippen molar-refractivity contribution in [3.63, 3.8) is 0 Å². The van der Waals surface area contributed by atoms with Gasteiger partial charge in [-0.25, -0.2) is 0 Å². The van der Waals surface area contributed by atoms with Gasteiger partial charge < -0.3 is 20.4 Å². The maximum absolute atomic E-state index is 11.7. The van der Waals surface area contributed by atoms with E-state index in [1.807, 2.05) is 0 Å².